The first-order valence-corrected chi connectivity index (χ1v) is 7.95. The van der Waals surface area contributed by atoms with Crippen LogP contribution in [-0.2, 0) is 0 Å². The second-order valence-corrected chi connectivity index (χ2v) is 5.53. The molecule has 9 heteroatoms. The Morgan fingerprint density at radius 3 is 2.52 bits per heavy atom. The summed E-state index contributed by atoms with van der Waals surface area (Å²) in [5.41, 5.74) is 0.448. The smallest absolute Gasteiger partial charge is 0.422 e. The Kier molecular flexibility index (Phi) is 5.39. The first kappa shape index (κ1) is 18.4. The quantitative estimate of drug-likeness (QED) is 0.692. The van der Waals surface area contributed by atoms with Crippen molar-refractivity contribution in [3.8, 4) is 5.75 Å². The number of alkyl halides is 3. The van der Waals surface area contributed by atoms with Crippen LogP contribution >= 0.6 is 0 Å². The van der Waals surface area contributed by atoms with Crippen LogP contribution < -0.4 is 15.0 Å². The average molecular weight is 375 g/mol. The number of hydrogen-bond donors (Lipinski definition) is 1. The highest BCUT2D eigenvalue weighted by atomic mass is 19.4. The number of ether oxygens (including phenoxy) is 1. The number of benzene rings is 1. The van der Waals surface area contributed by atoms with E-state index in [0.29, 0.717) is 23.1 Å². The number of pyridine rings is 1. The van der Waals surface area contributed by atoms with Crippen LogP contribution in [-0.4, -0.2) is 34.8 Å². The lowest BCUT2D eigenvalue weighted by atomic mass is 10.2. The number of anilines is 4. The molecule has 0 atom stereocenters. The monoisotopic (exact) mass is 375 g/mol. The molecule has 0 unspecified atom stereocenters. The van der Waals surface area contributed by atoms with Gasteiger partial charge in [-0.25, -0.2) is 15.0 Å². The molecule has 0 amide bonds. The van der Waals surface area contributed by atoms with Crippen LogP contribution in [0.15, 0.2) is 61.1 Å². The van der Waals surface area contributed by atoms with E-state index in [1.165, 1.54) is 12.4 Å². The Morgan fingerprint density at radius 2 is 1.78 bits per heavy atom. The van der Waals surface area contributed by atoms with Crippen LogP contribution in [0.4, 0.5) is 36.3 Å². The maximum atomic E-state index is 12.5. The molecule has 27 heavy (non-hydrogen) atoms. The van der Waals surface area contributed by atoms with E-state index in [2.05, 4.69) is 20.3 Å². The van der Waals surface area contributed by atoms with Crippen LogP contribution in [0.25, 0.3) is 0 Å². The summed E-state index contributed by atoms with van der Waals surface area (Å²) in [7, 11) is 1.68. The second kappa shape index (κ2) is 7.90. The van der Waals surface area contributed by atoms with Gasteiger partial charge in [0.2, 0.25) is 0 Å². The molecule has 2 aromatic heterocycles. The van der Waals surface area contributed by atoms with Gasteiger partial charge in [0.1, 0.15) is 29.5 Å². The molecule has 1 aromatic carbocycles. The number of nitrogens with one attached hydrogen (secondary N) is 1. The molecule has 0 aliphatic carbocycles. The van der Waals surface area contributed by atoms with E-state index in [9.17, 15) is 13.2 Å². The zero-order chi connectivity index (χ0) is 19.3. The van der Waals surface area contributed by atoms with Gasteiger partial charge >= 0.3 is 6.18 Å². The molecule has 0 spiro atoms. The minimum atomic E-state index is -4.42. The fourth-order valence-electron chi connectivity index (χ4n) is 2.31. The molecule has 6 nitrogen and oxygen atoms in total. The van der Waals surface area contributed by atoms with Crippen molar-refractivity contribution in [1.29, 1.82) is 0 Å². The summed E-state index contributed by atoms with van der Waals surface area (Å²) >= 11 is 0. The van der Waals surface area contributed by atoms with Crippen molar-refractivity contribution in [1.82, 2.24) is 15.0 Å². The van der Waals surface area contributed by atoms with Crippen LogP contribution in [0, 0.1) is 0 Å². The zero-order valence-electron chi connectivity index (χ0n) is 14.3. The number of rotatable bonds is 6. The van der Waals surface area contributed by atoms with Gasteiger partial charge in [-0.05, 0) is 24.3 Å². The minimum Gasteiger partial charge on any atom is -0.482 e. The normalized spacial score (nSPS) is 11.1. The molecule has 0 saturated carbocycles. The van der Waals surface area contributed by atoms with Gasteiger partial charge in [-0.1, -0.05) is 18.2 Å². The third-order valence-corrected chi connectivity index (χ3v) is 3.54. The fourth-order valence-corrected chi connectivity index (χ4v) is 2.31. The van der Waals surface area contributed by atoms with Gasteiger partial charge in [0, 0.05) is 19.3 Å². The highest BCUT2D eigenvalue weighted by molar-refractivity contribution is 5.68. The molecule has 140 valence electrons. The number of hydrogen-bond acceptors (Lipinski definition) is 6. The van der Waals surface area contributed by atoms with E-state index in [1.54, 1.807) is 54.5 Å². The molecule has 0 aliphatic rings. The van der Waals surface area contributed by atoms with Crippen LogP contribution in [0.5, 0.6) is 5.75 Å². The Morgan fingerprint density at radius 1 is 1.00 bits per heavy atom. The number of nitrogens with zero attached hydrogens (tertiary/aromatic N) is 4. The summed E-state index contributed by atoms with van der Waals surface area (Å²) in [5.74, 6) is 1.69. The van der Waals surface area contributed by atoms with Crippen molar-refractivity contribution >= 4 is 23.1 Å². The molecular weight excluding hydrogens is 359 g/mol. The van der Waals surface area contributed by atoms with E-state index >= 15 is 0 Å². The summed E-state index contributed by atoms with van der Waals surface area (Å²) in [6.07, 6.45) is -1.42. The predicted octanol–water partition coefficient (Wildman–Crippen LogP) is 4.32. The predicted molar refractivity (Wildman–Crippen MR) is 95.6 cm³/mol. The Hall–Kier alpha value is -3.36. The van der Waals surface area contributed by atoms with Gasteiger partial charge < -0.3 is 15.0 Å². The number of para-hydroxylation sites is 2. The first-order chi connectivity index (χ1) is 12.9. The van der Waals surface area contributed by atoms with Crippen molar-refractivity contribution < 1.29 is 17.9 Å². The summed E-state index contributed by atoms with van der Waals surface area (Å²) in [4.78, 5) is 14.1. The van der Waals surface area contributed by atoms with Crippen LogP contribution in [0.2, 0.25) is 0 Å². The Labute approximate surface area is 153 Å². The molecule has 0 saturated heterocycles. The van der Waals surface area contributed by atoms with E-state index in [4.69, 9.17) is 4.74 Å². The third kappa shape index (κ3) is 5.06. The van der Waals surface area contributed by atoms with Crippen molar-refractivity contribution in [2.75, 3.05) is 23.9 Å². The lowest BCUT2D eigenvalue weighted by Crippen LogP contribution is -2.20. The van der Waals surface area contributed by atoms with Crippen molar-refractivity contribution in [2.24, 2.45) is 0 Å². The molecule has 1 N–H and O–H groups in total. The standard InChI is InChI=1S/C18H16F3N5O/c1-26(13-6-2-3-7-14(13)27-11-18(19,20)21)17-10-16(23-12-24-17)25-15-8-4-5-9-22-15/h2-10,12H,11H2,1H3,(H,22,23,24,25). The van der Waals surface area contributed by atoms with Crippen molar-refractivity contribution in [2.45, 2.75) is 6.18 Å². The highest BCUT2D eigenvalue weighted by Crippen LogP contribution is 2.33. The van der Waals surface area contributed by atoms with Gasteiger partial charge in [0.25, 0.3) is 0 Å². The first-order valence-electron chi connectivity index (χ1n) is 7.95. The second-order valence-electron chi connectivity index (χ2n) is 5.53. The Balaban J connectivity index is 1.82. The number of aromatic nitrogens is 3. The topological polar surface area (TPSA) is 63.2 Å². The SMILES string of the molecule is CN(c1cc(Nc2ccccn2)ncn1)c1ccccc1OCC(F)(F)F. The van der Waals surface area contributed by atoms with E-state index < -0.39 is 12.8 Å². The van der Waals surface area contributed by atoms with Gasteiger partial charge in [-0.2, -0.15) is 13.2 Å². The van der Waals surface area contributed by atoms with E-state index in [0.717, 1.165) is 0 Å². The van der Waals surface area contributed by atoms with Gasteiger partial charge in [-0.3, -0.25) is 0 Å². The lowest BCUT2D eigenvalue weighted by molar-refractivity contribution is -0.153. The summed E-state index contributed by atoms with van der Waals surface area (Å²) in [5, 5.41) is 3.04. The summed E-state index contributed by atoms with van der Waals surface area (Å²) in [6, 6.07) is 13.5. The molecular formula is C18H16F3N5O. The molecule has 3 aromatic rings. The largest absolute Gasteiger partial charge is 0.482 e. The fraction of sp³-hybridized carbons (Fsp3) is 0.167. The summed E-state index contributed by atoms with van der Waals surface area (Å²) in [6.45, 7) is -1.37. The Bertz CT molecular complexity index is 889. The number of halogens is 3. The molecule has 0 radical (unpaired) electrons. The molecule has 2 heterocycles. The van der Waals surface area contributed by atoms with Crippen molar-refractivity contribution in [3.63, 3.8) is 0 Å². The van der Waals surface area contributed by atoms with Gasteiger partial charge in [0.15, 0.2) is 6.61 Å². The van der Waals surface area contributed by atoms with Crippen molar-refractivity contribution in [3.05, 3.63) is 61.1 Å². The maximum Gasteiger partial charge on any atom is 0.422 e. The minimum absolute atomic E-state index is 0.107. The molecule has 0 bridgehead atoms. The molecule has 0 aliphatic heterocycles. The highest BCUT2D eigenvalue weighted by Gasteiger charge is 2.29. The van der Waals surface area contributed by atoms with Gasteiger partial charge in [0.05, 0.1) is 5.69 Å². The van der Waals surface area contributed by atoms with Crippen LogP contribution in [0.1, 0.15) is 0 Å². The maximum absolute atomic E-state index is 12.5. The summed E-state index contributed by atoms with van der Waals surface area (Å²) < 4.78 is 42.4. The lowest BCUT2D eigenvalue weighted by Gasteiger charge is -2.22. The van der Waals surface area contributed by atoms with E-state index in [-0.39, 0.29) is 5.75 Å². The average Bonchev–Trinajstić information content (AvgIpc) is 2.66. The molecule has 0 fully saturated rings. The molecule has 3 rings (SSSR count). The zero-order valence-corrected chi connectivity index (χ0v) is 14.3. The van der Waals surface area contributed by atoms with Crippen LogP contribution in [0.3, 0.4) is 0 Å². The van der Waals surface area contributed by atoms with E-state index in [1.807, 2.05) is 6.07 Å². The third-order valence-electron chi connectivity index (χ3n) is 3.54. The van der Waals surface area contributed by atoms with Gasteiger partial charge in [-0.15, -0.1) is 0 Å².